The quantitative estimate of drug-likeness (QED) is 0.837. The Hall–Kier alpha value is -1.66. The van der Waals surface area contributed by atoms with Crippen molar-refractivity contribution in [2.24, 2.45) is 0 Å². The summed E-state index contributed by atoms with van der Waals surface area (Å²) in [6.45, 7) is 4.29. The van der Waals surface area contributed by atoms with Crippen molar-refractivity contribution in [2.75, 3.05) is 43.9 Å². The van der Waals surface area contributed by atoms with Crippen LogP contribution in [0.3, 0.4) is 0 Å². The summed E-state index contributed by atoms with van der Waals surface area (Å²) in [5.74, 6) is -0.909. The van der Waals surface area contributed by atoms with E-state index in [2.05, 4.69) is 5.32 Å². The molecule has 0 spiro atoms. The van der Waals surface area contributed by atoms with Gasteiger partial charge in [0.25, 0.3) is 5.91 Å². The van der Waals surface area contributed by atoms with Crippen LogP contribution in [0.2, 0.25) is 0 Å². The van der Waals surface area contributed by atoms with Crippen LogP contribution in [0, 0.1) is 5.82 Å². The number of carbonyl (C=O) groups excluding carboxylic acids is 1. The Morgan fingerprint density at radius 3 is 2.62 bits per heavy atom. The number of hydrogen-bond donors (Lipinski definition) is 2. The molecule has 1 aromatic rings. The number of benzene rings is 1. The third-order valence-electron chi connectivity index (χ3n) is 3.57. The molecule has 6 heteroatoms. The monoisotopic (exact) mass is 295 g/mol. The highest BCUT2D eigenvalue weighted by Crippen LogP contribution is 2.35. The van der Waals surface area contributed by atoms with Gasteiger partial charge in [0.2, 0.25) is 0 Å². The van der Waals surface area contributed by atoms with Crippen molar-refractivity contribution in [3.8, 4) is 0 Å². The van der Waals surface area contributed by atoms with E-state index >= 15 is 0 Å². The van der Waals surface area contributed by atoms with Gasteiger partial charge >= 0.3 is 0 Å². The van der Waals surface area contributed by atoms with Crippen LogP contribution in [0.4, 0.5) is 15.8 Å². The fourth-order valence-corrected chi connectivity index (χ4v) is 2.44. The molecule has 1 aliphatic heterocycles. The second-order valence-corrected chi connectivity index (χ2v) is 5.57. The number of carbonyl (C=O) groups is 1. The Bertz CT molecular complexity index is 534. The second-order valence-electron chi connectivity index (χ2n) is 5.57. The zero-order valence-electron chi connectivity index (χ0n) is 12.7. The van der Waals surface area contributed by atoms with Gasteiger partial charge in [-0.25, -0.2) is 4.39 Å². The summed E-state index contributed by atoms with van der Waals surface area (Å²) in [6, 6.07) is 2.87. The van der Waals surface area contributed by atoms with Gasteiger partial charge in [-0.1, -0.05) is 6.92 Å². The van der Waals surface area contributed by atoms with Gasteiger partial charge in [-0.3, -0.25) is 4.79 Å². The normalized spacial score (nSPS) is 17.0. The predicted octanol–water partition coefficient (Wildman–Crippen LogP) is 1.59. The predicted molar refractivity (Wildman–Crippen MR) is 81.0 cm³/mol. The van der Waals surface area contributed by atoms with Crippen LogP contribution in [0.15, 0.2) is 12.1 Å². The molecule has 1 heterocycles. The fraction of sp³-hybridized carbons (Fsp3) is 0.533. The van der Waals surface area contributed by atoms with Crippen molar-refractivity contribution >= 4 is 17.3 Å². The first-order valence-electron chi connectivity index (χ1n) is 7.16. The van der Waals surface area contributed by atoms with Gasteiger partial charge < -0.3 is 20.2 Å². The van der Waals surface area contributed by atoms with Gasteiger partial charge in [-0.2, -0.15) is 0 Å². The topological polar surface area (TPSA) is 55.8 Å². The molecule has 2 N–H and O–H groups in total. The number of fused-ring (bicyclic) bond motifs is 1. The minimum Gasteiger partial charge on any atom is -0.378 e. The van der Waals surface area contributed by atoms with E-state index in [1.165, 1.54) is 6.07 Å². The lowest BCUT2D eigenvalue weighted by molar-refractivity contribution is -0.123. The van der Waals surface area contributed by atoms with Crippen LogP contribution in [0.1, 0.15) is 25.0 Å². The molecule has 0 saturated carbocycles. The van der Waals surface area contributed by atoms with Crippen LogP contribution in [0.5, 0.6) is 0 Å². The van der Waals surface area contributed by atoms with Gasteiger partial charge in [0, 0.05) is 30.9 Å². The molecule has 1 unspecified atom stereocenters. The van der Waals surface area contributed by atoms with E-state index in [0.29, 0.717) is 23.5 Å². The largest absolute Gasteiger partial charge is 0.378 e. The molecular weight excluding hydrogens is 273 g/mol. The second kappa shape index (κ2) is 6.41. The molecule has 0 bridgehead atoms. The van der Waals surface area contributed by atoms with E-state index in [0.717, 1.165) is 19.5 Å². The lowest BCUT2D eigenvalue weighted by Gasteiger charge is -2.27. The minimum atomic E-state index is -1.27. The average molecular weight is 295 g/mol. The molecule has 1 aromatic carbocycles. The van der Waals surface area contributed by atoms with Crippen LogP contribution in [0.25, 0.3) is 0 Å². The zero-order valence-corrected chi connectivity index (χ0v) is 12.7. The Labute approximate surface area is 124 Å². The van der Waals surface area contributed by atoms with Crippen molar-refractivity contribution in [2.45, 2.75) is 19.4 Å². The van der Waals surface area contributed by atoms with Crippen LogP contribution in [-0.4, -0.2) is 49.6 Å². The molecule has 1 atom stereocenters. The van der Waals surface area contributed by atoms with Crippen LogP contribution in [-0.2, 0) is 4.79 Å². The first kappa shape index (κ1) is 15.7. The highest BCUT2D eigenvalue weighted by atomic mass is 19.1. The standard InChI is InChI=1S/C15H22FN3O2/c1-4-5-19(7-6-18(2)3)13-9-12-10(8-11(13)16)14(20)15(21)17-12/h8-9,14,20H,4-7H2,1-3H3,(H,17,21). The number of rotatable bonds is 6. The van der Waals surface area contributed by atoms with E-state index in [1.54, 1.807) is 6.07 Å². The summed E-state index contributed by atoms with van der Waals surface area (Å²) in [7, 11) is 3.94. The summed E-state index contributed by atoms with van der Waals surface area (Å²) in [5, 5.41) is 12.3. The smallest absolute Gasteiger partial charge is 0.257 e. The molecule has 1 aliphatic rings. The fourth-order valence-electron chi connectivity index (χ4n) is 2.44. The Balaban J connectivity index is 2.29. The lowest BCUT2D eigenvalue weighted by Crippen LogP contribution is -2.33. The van der Waals surface area contributed by atoms with Crippen molar-refractivity contribution in [1.29, 1.82) is 0 Å². The number of nitrogens with zero attached hydrogens (tertiary/aromatic N) is 2. The third-order valence-corrected chi connectivity index (χ3v) is 3.57. The van der Waals surface area contributed by atoms with Crippen molar-refractivity contribution in [3.05, 3.63) is 23.5 Å². The Morgan fingerprint density at radius 2 is 2.00 bits per heavy atom. The van der Waals surface area contributed by atoms with E-state index < -0.39 is 17.8 Å². The minimum absolute atomic E-state index is 0.310. The molecule has 116 valence electrons. The van der Waals surface area contributed by atoms with Crippen molar-refractivity contribution in [1.82, 2.24) is 4.90 Å². The molecule has 21 heavy (non-hydrogen) atoms. The number of nitrogens with one attached hydrogen (secondary N) is 1. The summed E-state index contributed by atoms with van der Waals surface area (Å²) < 4.78 is 14.3. The molecule has 0 aromatic heterocycles. The number of hydrogen-bond acceptors (Lipinski definition) is 4. The van der Waals surface area contributed by atoms with E-state index in [9.17, 15) is 14.3 Å². The number of aliphatic hydroxyl groups is 1. The van der Waals surface area contributed by atoms with E-state index in [4.69, 9.17) is 0 Å². The van der Waals surface area contributed by atoms with Gasteiger partial charge in [-0.15, -0.1) is 0 Å². The lowest BCUT2D eigenvalue weighted by atomic mass is 10.1. The highest BCUT2D eigenvalue weighted by molar-refractivity contribution is 6.02. The Kier molecular flexibility index (Phi) is 4.80. The molecule has 5 nitrogen and oxygen atoms in total. The zero-order chi connectivity index (χ0) is 15.6. The van der Waals surface area contributed by atoms with Gasteiger partial charge in [0.1, 0.15) is 5.82 Å². The highest BCUT2D eigenvalue weighted by Gasteiger charge is 2.30. The number of likely N-dealkylation sites (N-methyl/N-ethyl adjacent to an activating group) is 1. The Morgan fingerprint density at radius 1 is 1.29 bits per heavy atom. The SMILES string of the molecule is CCCN(CCN(C)C)c1cc2c(cc1F)C(O)C(=O)N2. The van der Waals surface area contributed by atoms with E-state index in [1.807, 2.05) is 30.8 Å². The van der Waals surface area contributed by atoms with E-state index in [-0.39, 0.29) is 0 Å². The maximum atomic E-state index is 14.3. The molecule has 1 amide bonds. The van der Waals surface area contributed by atoms with Crippen molar-refractivity contribution in [3.63, 3.8) is 0 Å². The van der Waals surface area contributed by atoms with Gasteiger partial charge in [-0.05, 0) is 32.6 Å². The molecule has 2 rings (SSSR count). The summed E-state index contributed by atoms with van der Waals surface area (Å²) in [5.41, 5.74) is 1.27. The first-order chi connectivity index (χ1) is 9.93. The summed E-state index contributed by atoms with van der Waals surface area (Å²) >= 11 is 0. The average Bonchev–Trinajstić information content (AvgIpc) is 2.69. The van der Waals surface area contributed by atoms with Gasteiger partial charge in [0.15, 0.2) is 6.10 Å². The molecular formula is C15H22FN3O2. The van der Waals surface area contributed by atoms with Crippen molar-refractivity contribution < 1.29 is 14.3 Å². The van der Waals surface area contributed by atoms with Crippen LogP contribution < -0.4 is 10.2 Å². The van der Waals surface area contributed by atoms with Gasteiger partial charge in [0.05, 0.1) is 5.69 Å². The third kappa shape index (κ3) is 3.33. The maximum absolute atomic E-state index is 14.3. The van der Waals surface area contributed by atoms with Crippen LogP contribution >= 0.6 is 0 Å². The molecule has 0 aliphatic carbocycles. The summed E-state index contributed by atoms with van der Waals surface area (Å²) in [6.07, 6.45) is -0.371. The maximum Gasteiger partial charge on any atom is 0.257 e. The molecule has 0 fully saturated rings. The molecule has 0 radical (unpaired) electrons. The molecule has 0 saturated heterocycles. The first-order valence-corrected chi connectivity index (χ1v) is 7.16. The number of halogens is 1. The summed E-state index contributed by atoms with van der Waals surface area (Å²) in [4.78, 5) is 15.5. The number of anilines is 2. The number of aliphatic hydroxyl groups excluding tert-OH is 1. The number of amides is 1.